The number of nitrogens with one attached hydrogen (secondary N) is 3. The second-order valence-corrected chi connectivity index (χ2v) is 9.73. The molecule has 0 spiro atoms. The molecule has 1 aliphatic heterocycles. The number of rotatable bonds is 3. The minimum atomic E-state index is -3.58. The highest BCUT2D eigenvalue weighted by molar-refractivity contribution is 7.91. The Morgan fingerprint density at radius 2 is 1.79 bits per heavy atom. The Bertz CT molecular complexity index is 1080. The molecule has 2 heterocycles. The highest BCUT2D eigenvalue weighted by Gasteiger charge is 2.29. The molecule has 0 bridgehead atoms. The second-order valence-electron chi connectivity index (χ2n) is 7.97. The van der Waals surface area contributed by atoms with Crippen LogP contribution >= 0.6 is 0 Å². The number of anilines is 1. The first kappa shape index (κ1) is 18.5. The van der Waals surface area contributed by atoms with Crippen LogP contribution in [0.2, 0.25) is 0 Å². The Hall–Kier alpha value is -2.55. The summed E-state index contributed by atoms with van der Waals surface area (Å²) in [6.07, 6.45) is 8.32. The maximum atomic E-state index is 13.0. The first-order chi connectivity index (χ1) is 14.0. The fraction of sp³-hybridized carbons (Fsp3) is 0.500. The number of carbonyl (C=O) groups is 1. The van der Waals surface area contributed by atoms with E-state index >= 15 is 0 Å². The first-order valence-corrected chi connectivity index (χ1v) is 11.7. The molecule has 0 fully saturated rings. The van der Waals surface area contributed by atoms with E-state index in [0.717, 1.165) is 50.6 Å². The molecule has 29 heavy (non-hydrogen) atoms. The molecule has 154 valence electrons. The summed E-state index contributed by atoms with van der Waals surface area (Å²) in [5.74, 6) is 0.314. The lowest BCUT2D eigenvalue weighted by molar-refractivity contribution is 0.224. The predicted molar refractivity (Wildman–Crippen MR) is 109 cm³/mol. The monoisotopic (exact) mass is 415 g/mol. The number of nitrogens with zero attached hydrogens (tertiary/aromatic N) is 2. The Morgan fingerprint density at radius 1 is 1.14 bits per heavy atom. The van der Waals surface area contributed by atoms with Crippen molar-refractivity contribution in [2.45, 2.75) is 63.3 Å². The van der Waals surface area contributed by atoms with Crippen molar-refractivity contribution in [3.05, 3.63) is 34.0 Å². The summed E-state index contributed by atoms with van der Waals surface area (Å²) < 4.78 is 30.8. The lowest BCUT2D eigenvalue weighted by Crippen LogP contribution is -2.34. The van der Waals surface area contributed by atoms with Gasteiger partial charge in [0.25, 0.3) is 0 Å². The number of carbonyl (C=O) groups excluding carboxylic acids is 1. The van der Waals surface area contributed by atoms with Crippen LogP contribution in [0.15, 0.2) is 11.1 Å². The van der Waals surface area contributed by atoms with Crippen molar-refractivity contribution in [3.63, 3.8) is 0 Å². The fourth-order valence-corrected chi connectivity index (χ4v) is 5.98. The quantitative estimate of drug-likeness (QED) is 0.716. The van der Waals surface area contributed by atoms with Gasteiger partial charge in [0.1, 0.15) is 4.90 Å². The summed E-state index contributed by atoms with van der Waals surface area (Å²) in [7, 11) is -3.58. The molecule has 3 aliphatic rings. The van der Waals surface area contributed by atoms with Gasteiger partial charge in [0.05, 0.1) is 12.8 Å². The highest BCUT2D eigenvalue weighted by atomic mass is 32.2. The van der Waals surface area contributed by atoms with E-state index < -0.39 is 15.9 Å². The van der Waals surface area contributed by atoms with Crippen molar-refractivity contribution in [1.82, 2.24) is 14.5 Å². The largest absolute Gasteiger partial charge is 0.477 e. The lowest BCUT2D eigenvalue weighted by atomic mass is 9.93. The summed E-state index contributed by atoms with van der Waals surface area (Å²) in [5.41, 5.74) is 7.38. The van der Waals surface area contributed by atoms with Crippen LogP contribution in [-0.4, -0.2) is 26.6 Å². The third-order valence-electron chi connectivity index (χ3n) is 6.24. The van der Waals surface area contributed by atoms with Crippen LogP contribution in [0.3, 0.4) is 0 Å². The van der Waals surface area contributed by atoms with Gasteiger partial charge in [-0.1, -0.05) is 0 Å². The van der Waals surface area contributed by atoms with Gasteiger partial charge in [-0.05, 0) is 73.3 Å². The van der Waals surface area contributed by atoms with Crippen LogP contribution in [0.4, 0.5) is 10.5 Å². The van der Waals surface area contributed by atoms with Gasteiger partial charge < -0.3 is 10.1 Å². The van der Waals surface area contributed by atoms with E-state index in [1.54, 1.807) is 4.68 Å². The molecule has 1 unspecified atom stereocenters. The molecule has 1 aromatic carbocycles. The summed E-state index contributed by atoms with van der Waals surface area (Å²) in [6.45, 7) is 3.33. The van der Waals surface area contributed by atoms with Crippen molar-refractivity contribution in [1.29, 1.82) is 4.78 Å². The molecule has 8 nitrogen and oxygen atoms in total. The number of urea groups is 1. The van der Waals surface area contributed by atoms with Crippen LogP contribution in [0, 0.1) is 11.7 Å². The average Bonchev–Trinajstić information content (AvgIpc) is 3.43. The van der Waals surface area contributed by atoms with Crippen molar-refractivity contribution >= 4 is 21.6 Å². The van der Waals surface area contributed by atoms with E-state index in [9.17, 15) is 9.00 Å². The van der Waals surface area contributed by atoms with Gasteiger partial charge in [-0.2, -0.15) is 5.10 Å². The van der Waals surface area contributed by atoms with E-state index in [-0.39, 0.29) is 4.90 Å². The molecule has 0 saturated carbocycles. The van der Waals surface area contributed by atoms with E-state index in [1.807, 2.05) is 0 Å². The SMILES string of the molecule is Cc1c2c(c(NC(=O)NS(=N)(=O)c3cnn4c3OCCC4)c3c1CCC3)CCC2. The molecular weight excluding hydrogens is 390 g/mol. The molecule has 2 amide bonds. The van der Waals surface area contributed by atoms with Gasteiger partial charge in [-0.15, -0.1) is 0 Å². The normalized spacial score (nSPS) is 18.9. The molecule has 5 rings (SSSR count). The zero-order chi connectivity index (χ0) is 20.2. The number of aryl methyl sites for hydroxylation is 1. The average molecular weight is 416 g/mol. The third-order valence-corrected chi connectivity index (χ3v) is 7.61. The van der Waals surface area contributed by atoms with E-state index in [0.29, 0.717) is 19.0 Å². The Balaban J connectivity index is 1.43. The molecule has 2 aliphatic carbocycles. The topological polar surface area (TPSA) is 109 Å². The number of hydrogen-bond donors (Lipinski definition) is 3. The van der Waals surface area contributed by atoms with Crippen LogP contribution in [0.5, 0.6) is 5.88 Å². The second kappa shape index (κ2) is 6.76. The van der Waals surface area contributed by atoms with Crippen LogP contribution < -0.4 is 14.8 Å². The van der Waals surface area contributed by atoms with E-state index in [1.165, 1.54) is 34.0 Å². The summed E-state index contributed by atoms with van der Waals surface area (Å²) in [5, 5.41) is 7.09. The van der Waals surface area contributed by atoms with Crippen LogP contribution in [0.1, 0.15) is 47.1 Å². The van der Waals surface area contributed by atoms with Gasteiger partial charge in [-0.25, -0.2) is 23.2 Å². The number of fused-ring (bicyclic) bond motifs is 3. The zero-order valence-corrected chi connectivity index (χ0v) is 17.3. The molecule has 3 N–H and O–H groups in total. The number of benzene rings is 1. The fourth-order valence-electron chi connectivity index (χ4n) is 4.95. The van der Waals surface area contributed by atoms with Crippen molar-refractivity contribution in [2.24, 2.45) is 0 Å². The van der Waals surface area contributed by atoms with Gasteiger partial charge in [0.2, 0.25) is 5.88 Å². The summed E-state index contributed by atoms with van der Waals surface area (Å²) in [4.78, 5) is 12.9. The summed E-state index contributed by atoms with van der Waals surface area (Å²) in [6, 6.07) is -0.618. The standard InChI is InChI=1S/C20H25N5O3S/c1-12-13-5-2-7-15(13)18(16-8-3-6-14(12)16)23-20(26)24-29(21,27)17-11-22-25-9-4-10-28-19(17)25/h11H,2-10H2,1H3,(H3,21,23,24,26,27). The summed E-state index contributed by atoms with van der Waals surface area (Å²) >= 11 is 0. The number of aromatic nitrogens is 2. The van der Waals surface area contributed by atoms with Gasteiger partial charge in [0, 0.05) is 18.7 Å². The Morgan fingerprint density at radius 3 is 2.48 bits per heavy atom. The molecule has 0 radical (unpaired) electrons. The van der Waals surface area contributed by atoms with Crippen molar-refractivity contribution in [3.8, 4) is 5.88 Å². The van der Waals surface area contributed by atoms with Crippen molar-refractivity contribution < 1.29 is 13.7 Å². The minimum absolute atomic E-state index is 0.117. The predicted octanol–water partition coefficient (Wildman–Crippen LogP) is 3.09. The van der Waals surface area contributed by atoms with Gasteiger partial charge >= 0.3 is 6.03 Å². The van der Waals surface area contributed by atoms with Gasteiger partial charge in [-0.3, -0.25) is 0 Å². The molecule has 0 saturated heterocycles. The Labute approximate surface area is 170 Å². The van der Waals surface area contributed by atoms with Gasteiger partial charge in [0.15, 0.2) is 9.92 Å². The van der Waals surface area contributed by atoms with Crippen LogP contribution in [-0.2, 0) is 42.1 Å². The molecule has 1 aromatic heterocycles. The Kier molecular flexibility index (Phi) is 4.31. The van der Waals surface area contributed by atoms with Crippen LogP contribution in [0.25, 0.3) is 0 Å². The smallest absolute Gasteiger partial charge is 0.331 e. The number of ether oxygens (including phenoxy) is 1. The van der Waals surface area contributed by atoms with Crippen molar-refractivity contribution in [2.75, 3.05) is 11.9 Å². The highest BCUT2D eigenvalue weighted by Crippen LogP contribution is 2.41. The van der Waals surface area contributed by atoms with E-state index in [2.05, 4.69) is 22.1 Å². The number of amides is 2. The molecule has 1 atom stereocenters. The molecule has 9 heteroatoms. The zero-order valence-electron chi connectivity index (χ0n) is 16.5. The van der Waals surface area contributed by atoms with E-state index in [4.69, 9.17) is 9.52 Å². The molecule has 2 aromatic rings. The number of hydrogen-bond acceptors (Lipinski definition) is 5. The minimum Gasteiger partial charge on any atom is -0.477 e. The maximum Gasteiger partial charge on any atom is 0.331 e. The maximum absolute atomic E-state index is 13.0. The first-order valence-electron chi connectivity index (χ1n) is 10.2. The third kappa shape index (κ3) is 2.99. The molecular formula is C20H25N5O3S. The lowest BCUT2D eigenvalue weighted by Gasteiger charge is -2.20.